The van der Waals surface area contributed by atoms with E-state index in [0.29, 0.717) is 22.8 Å². The molecule has 1 aromatic heterocycles. The van der Waals surface area contributed by atoms with E-state index in [9.17, 15) is 13.2 Å². The topological polar surface area (TPSA) is 88.8 Å². The maximum Gasteiger partial charge on any atom is 0.264 e. The third-order valence-electron chi connectivity index (χ3n) is 5.44. The zero-order valence-corrected chi connectivity index (χ0v) is 19.5. The number of hydrogen-bond acceptors (Lipinski definition) is 5. The maximum absolute atomic E-state index is 13.2. The molecule has 8 heteroatoms. The van der Waals surface area contributed by atoms with Crippen LogP contribution in [0, 0.1) is 0 Å². The van der Waals surface area contributed by atoms with Gasteiger partial charge in [0, 0.05) is 12.6 Å². The number of hydrogen-bond donors (Lipinski definition) is 1. The first-order valence-corrected chi connectivity index (χ1v) is 12.0. The van der Waals surface area contributed by atoms with Crippen LogP contribution in [0.2, 0.25) is 0 Å². The predicted molar refractivity (Wildman–Crippen MR) is 129 cm³/mol. The van der Waals surface area contributed by atoms with Gasteiger partial charge in [0.05, 0.1) is 24.0 Å². The number of rotatable bonds is 8. The van der Waals surface area contributed by atoms with Crippen molar-refractivity contribution >= 4 is 21.6 Å². The molecule has 34 heavy (non-hydrogen) atoms. The molecule has 4 aromatic rings. The van der Waals surface area contributed by atoms with Crippen LogP contribution in [0.15, 0.2) is 107 Å². The third kappa shape index (κ3) is 4.67. The molecular formula is C26H24N2O5S. The first-order valence-electron chi connectivity index (χ1n) is 10.5. The molecule has 3 aromatic carbocycles. The second-order valence-corrected chi connectivity index (χ2v) is 9.47. The van der Waals surface area contributed by atoms with Crippen LogP contribution >= 0.6 is 0 Å². The van der Waals surface area contributed by atoms with E-state index in [1.54, 1.807) is 42.7 Å². The van der Waals surface area contributed by atoms with Gasteiger partial charge in [-0.05, 0) is 54.1 Å². The van der Waals surface area contributed by atoms with Crippen LogP contribution in [0.5, 0.6) is 5.75 Å². The SMILES string of the molecule is COc1ccccc1N(C)S(=O)(=O)c1ccc(C(=O)NC(c2ccccc2)c2ccco2)cc1. The molecule has 1 atom stereocenters. The van der Waals surface area contributed by atoms with Crippen molar-refractivity contribution in [1.82, 2.24) is 5.32 Å². The van der Waals surface area contributed by atoms with Crippen LogP contribution in [0.3, 0.4) is 0 Å². The van der Waals surface area contributed by atoms with Crippen molar-refractivity contribution < 1.29 is 22.4 Å². The molecule has 0 aliphatic heterocycles. The van der Waals surface area contributed by atoms with Crippen molar-refractivity contribution in [3.63, 3.8) is 0 Å². The van der Waals surface area contributed by atoms with Crippen molar-refractivity contribution in [2.24, 2.45) is 0 Å². The van der Waals surface area contributed by atoms with Gasteiger partial charge in [-0.1, -0.05) is 42.5 Å². The summed E-state index contributed by atoms with van der Waals surface area (Å²) in [6.45, 7) is 0. The molecule has 0 aliphatic carbocycles. The van der Waals surface area contributed by atoms with E-state index in [4.69, 9.17) is 9.15 Å². The van der Waals surface area contributed by atoms with Crippen LogP contribution in [0.4, 0.5) is 5.69 Å². The van der Waals surface area contributed by atoms with Gasteiger partial charge >= 0.3 is 0 Å². The largest absolute Gasteiger partial charge is 0.495 e. The van der Waals surface area contributed by atoms with Crippen molar-refractivity contribution in [3.8, 4) is 5.75 Å². The number of sulfonamides is 1. The Kier molecular flexibility index (Phi) is 6.70. The molecule has 0 bridgehead atoms. The van der Waals surface area contributed by atoms with Crippen molar-refractivity contribution in [1.29, 1.82) is 0 Å². The summed E-state index contributed by atoms with van der Waals surface area (Å²) in [4.78, 5) is 13.1. The highest BCUT2D eigenvalue weighted by atomic mass is 32.2. The Bertz CT molecular complexity index is 1350. The minimum atomic E-state index is -3.86. The molecule has 1 N–H and O–H groups in total. The fourth-order valence-corrected chi connectivity index (χ4v) is 4.80. The van der Waals surface area contributed by atoms with E-state index in [1.807, 2.05) is 30.3 Å². The molecule has 0 saturated carbocycles. The second kappa shape index (κ2) is 9.84. The summed E-state index contributed by atoms with van der Waals surface area (Å²) in [5.41, 5.74) is 1.60. The lowest BCUT2D eigenvalue weighted by molar-refractivity contribution is 0.0939. The van der Waals surface area contributed by atoms with E-state index in [2.05, 4.69) is 5.32 Å². The molecule has 1 amide bonds. The second-order valence-electron chi connectivity index (χ2n) is 7.50. The van der Waals surface area contributed by atoms with Gasteiger partial charge in [0.2, 0.25) is 0 Å². The summed E-state index contributed by atoms with van der Waals surface area (Å²) in [6.07, 6.45) is 1.55. The van der Waals surface area contributed by atoms with Crippen LogP contribution < -0.4 is 14.4 Å². The Hall–Kier alpha value is -4.04. The van der Waals surface area contributed by atoms with Crippen LogP contribution in [0.25, 0.3) is 0 Å². The van der Waals surface area contributed by atoms with Gasteiger partial charge in [0.25, 0.3) is 15.9 Å². The summed E-state index contributed by atoms with van der Waals surface area (Å²) < 4.78 is 38.3. The molecule has 4 rings (SSSR count). The number of methoxy groups -OCH3 is 1. The molecular weight excluding hydrogens is 452 g/mol. The molecule has 0 saturated heterocycles. The fourth-order valence-electron chi connectivity index (χ4n) is 3.59. The highest BCUT2D eigenvalue weighted by Crippen LogP contribution is 2.31. The smallest absolute Gasteiger partial charge is 0.264 e. The number of ether oxygens (including phenoxy) is 1. The first-order chi connectivity index (χ1) is 16.4. The lowest BCUT2D eigenvalue weighted by Gasteiger charge is -2.22. The van der Waals surface area contributed by atoms with Gasteiger partial charge in [-0.3, -0.25) is 9.10 Å². The number of carbonyl (C=O) groups excluding carboxylic acids is 1. The minimum absolute atomic E-state index is 0.0584. The summed E-state index contributed by atoms with van der Waals surface area (Å²) in [5, 5.41) is 2.96. The van der Waals surface area contributed by atoms with E-state index in [1.165, 1.54) is 38.4 Å². The first kappa shape index (κ1) is 23.1. The maximum atomic E-state index is 13.2. The molecule has 1 heterocycles. The number of furan rings is 1. The predicted octanol–water partition coefficient (Wildman–Crippen LogP) is 4.63. The quantitative estimate of drug-likeness (QED) is 0.400. The number of carbonyl (C=O) groups is 1. The summed E-state index contributed by atoms with van der Waals surface area (Å²) in [6, 6.07) is 25.2. The Labute approximate surface area is 198 Å². The lowest BCUT2D eigenvalue weighted by Crippen LogP contribution is -2.29. The van der Waals surface area contributed by atoms with E-state index >= 15 is 0 Å². The van der Waals surface area contributed by atoms with Crippen molar-refractivity contribution in [2.75, 3.05) is 18.5 Å². The average Bonchev–Trinajstić information content (AvgIpc) is 3.42. The fraction of sp³-hybridized carbons (Fsp3) is 0.115. The van der Waals surface area contributed by atoms with Crippen LogP contribution in [0.1, 0.15) is 27.7 Å². The minimum Gasteiger partial charge on any atom is -0.495 e. The van der Waals surface area contributed by atoms with Crippen LogP contribution in [-0.2, 0) is 10.0 Å². The Morgan fingerprint density at radius 3 is 2.24 bits per heavy atom. The number of nitrogens with one attached hydrogen (secondary N) is 1. The number of nitrogens with zero attached hydrogens (tertiary/aromatic N) is 1. The van der Waals surface area contributed by atoms with Gasteiger partial charge in [0.15, 0.2) is 0 Å². The highest BCUT2D eigenvalue weighted by molar-refractivity contribution is 7.92. The van der Waals surface area contributed by atoms with Gasteiger partial charge in [-0.15, -0.1) is 0 Å². The van der Waals surface area contributed by atoms with Gasteiger partial charge in [0.1, 0.15) is 17.6 Å². The number of anilines is 1. The summed E-state index contributed by atoms with van der Waals surface area (Å²) in [7, 11) is -0.918. The van der Waals surface area contributed by atoms with Gasteiger partial charge in [-0.25, -0.2) is 8.42 Å². The Morgan fingerprint density at radius 1 is 0.912 bits per heavy atom. The normalized spacial score (nSPS) is 12.1. The lowest BCUT2D eigenvalue weighted by atomic mass is 10.0. The zero-order valence-electron chi connectivity index (χ0n) is 18.7. The molecule has 0 radical (unpaired) electrons. The summed E-state index contributed by atoms with van der Waals surface area (Å²) in [5.74, 6) is 0.680. The number of amides is 1. The Balaban J connectivity index is 1.56. The monoisotopic (exact) mass is 476 g/mol. The molecule has 0 spiro atoms. The Morgan fingerprint density at radius 2 is 1.59 bits per heavy atom. The summed E-state index contributed by atoms with van der Waals surface area (Å²) >= 11 is 0. The van der Waals surface area contributed by atoms with Crippen molar-refractivity contribution in [2.45, 2.75) is 10.9 Å². The molecule has 7 nitrogen and oxygen atoms in total. The van der Waals surface area contributed by atoms with Gasteiger partial charge < -0.3 is 14.5 Å². The van der Waals surface area contributed by atoms with Crippen LogP contribution in [-0.4, -0.2) is 28.5 Å². The standard InChI is InChI=1S/C26H24N2O5S/c1-28(22-11-6-7-12-23(22)32-2)34(30,31)21-16-14-20(15-17-21)26(29)27-25(24-13-8-18-33-24)19-9-4-3-5-10-19/h3-18,25H,1-2H3,(H,27,29). The molecule has 1 unspecified atom stereocenters. The van der Waals surface area contributed by atoms with Gasteiger partial charge in [-0.2, -0.15) is 0 Å². The average molecular weight is 477 g/mol. The van der Waals surface area contributed by atoms with E-state index in [-0.39, 0.29) is 10.8 Å². The van der Waals surface area contributed by atoms with E-state index < -0.39 is 16.1 Å². The van der Waals surface area contributed by atoms with Crippen molar-refractivity contribution in [3.05, 3.63) is 114 Å². The third-order valence-corrected chi connectivity index (χ3v) is 7.22. The molecule has 0 aliphatic rings. The molecule has 0 fully saturated rings. The zero-order chi connectivity index (χ0) is 24.1. The molecule has 174 valence electrons. The van der Waals surface area contributed by atoms with E-state index in [0.717, 1.165) is 9.87 Å². The number of benzene rings is 3. The highest BCUT2D eigenvalue weighted by Gasteiger charge is 2.25. The number of para-hydroxylation sites is 2.